The molecule has 0 radical (unpaired) electrons. The summed E-state index contributed by atoms with van der Waals surface area (Å²) in [6.45, 7) is 17.6. The molecule has 378 valence electrons. The highest BCUT2D eigenvalue weighted by Gasteiger charge is 2.25. The Kier molecular flexibility index (Phi) is 11.7. The van der Waals surface area contributed by atoms with Gasteiger partial charge in [0.05, 0.1) is 51.4 Å². The number of hydrogen-bond donors (Lipinski definition) is 0. The van der Waals surface area contributed by atoms with Crippen LogP contribution in [0.5, 0.6) is 0 Å². The largest absolute Gasteiger partial charge is 0.308 e. The van der Waals surface area contributed by atoms with E-state index in [2.05, 4.69) is 254 Å². The van der Waals surface area contributed by atoms with Gasteiger partial charge in [-0.1, -0.05) is 204 Å². The molecule has 0 N–H and O–H groups in total. The Balaban J connectivity index is 1.10. The summed E-state index contributed by atoms with van der Waals surface area (Å²) in [5.74, 6) is 0.473. The molecule has 0 aliphatic carbocycles. The van der Waals surface area contributed by atoms with Gasteiger partial charge in [0, 0.05) is 38.2 Å². The molecule has 0 saturated carbocycles. The van der Waals surface area contributed by atoms with E-state index in [-0.39, 0.29) is 0 Å². The predicted molar refractivity (Wildman–Crippen MR) is 334 cm³/mol. The summed E-state index contributed by atoms with van der Waals surface area (Å²) in [6, 6.07) is 89.4. The van der Waals surface area contributed by atoms with E-state index in [0.717, 1.165) is 122 Å². The molecular formula is C75H53N5. The van der Waals surface area contributed by atoms with Crippen molar-refractivity contribution in [1.29, 1.82) is 0 Å². The van der Waals surface area contributed by atoms with Crippen LogP contribution in [0.1, 0.15) is 22.3 Å². The molecule has 0 aliphatic heterocycles. The maximum absolute atomic E-state index is 9.09. The number of aromatic nitrogens is 4. The zero-order chi connectivity index (χ0) is 54.0. The topological polar surface area (TPSA) is 40.0 Å². The molecule has 0 unspecified atom stereocenters. The van der Waals surface area contributed by atoms with Gasteiger partial charge in [-0.3, -0.25) is 0 Å². The normalized spacial score (nSPS) is 11.5. The van der Waals surface area contributed by atoms with E-state index in [4.69, 9.17) is 16.5 Å². The third-order valence-electron chi connectivity index (χ3n) is 15.9. The summed E-state index contributed by atoms with van der Waals surface area (Å²) in [5, 5.41) is 4.47. The van der Waals surface area contributed by atoms with Gasteiger partial charge in [-0.15, -0.1) is 0 Å². The van der Waals surface area contributed by atoms with Crippen LogP contribution in [-0.2, 0) is 0 Å². The predicted octanol–water partition coefficient (Wildman–Crippen LogP) is 20.1. The first-order valence-corrected chi connectivity index (χ1v) is 27.2. The fourth-order valence-electron chi connectivity index (χ4n) is 11.5. The lowest BCUT2D eigenvalue weighted by atomic mass is 9.99. The van der Waals surface area contributed by atoms with E-state index in [9.17, 15) is 0 Å². The molecule has 14 aromatic rings. The van der Waals surface area contributed by atoms with Crippen LogP contribution in [0.15, 0.2) is 249 Å². The SMILES string of the molecule is [C-]#[N+]c1cc(-n2c3ccc(-c4ccc(C)cc4)cc3c3cc(-c4ccc(C)cc4)ccc32)c(-n2c3ccc(-c4ccc(C)cc4)cc3c3cc(-c4ccc(C)cc4)ccc32)cc1-c1nc(-c2ccccc2)cc(-c2ccccc2)n1. The molecule has 0 bridgehead atoms. The maximum atomic E-state index is 9.09. The second kappa shape index (κ2) is 19.6. The van der Waals surface area contributed by atoms with Gasteiger partial charge in [0.1, 0.15) is 5.82 Å². The highest BCUT2D eigenvalue weighted by Crippen LogP contribution is 2.46. The number of rotatable bonds is 9. The fourth-order valence-corrected chi connectivity index (χ4v) is 11.5. The molecule has 14 rings (SSSR count). The Morgan fingerprint density at radius 1 is 0.300 bits per heavy atom. The first kappa shape index (κ1) is 48.0. The lowest BCUT2D eigenvalue weighted by Crippen LogP contribution is -2.05. The Hall–Kier alpha value is -10.4. The second-order valence-corrected chi connectivity index (χ2v) is 21.2. The summed E-state index contributed by atoms with van der Waals surface area (Å²) in [4.78, 5) is 15.1. The summed E-state index contributed by atoms with van der Waals surface area (Å²) in [7, 11) is 0. The minimum Gasteiger partial charge on any atom is -0.308 e. The molecule has 0 spiro atoms. The van der Waals surface area contributed by atoms with Gasteiger partial charge in [-0.25, -0.2) is 14.8 Å². The van der Waals surface area contributed by atoms with Crippen molar-refractivity contribution in [2.24, 2.45) is 0 Å². The third-order valence-corrected chi connectivity index (χ3v) is 15.9. The minimum absolute atomic E-state index is 0.444. The van der Waals surface area contributed by atoms with Crippen molar-refractivity contribution in [1.82, 2.24) is 19.1 Å². The first-order valence-electron chi connectivity index (χ1n) is 27.2. The average Bonchev–Trinajstić information content (AvgIpc) is 4.06. The lowest BCUT2D eigenvalue weighted by molar-refractivity contribution is 1.09. The monoisotopic (exact) mass is 1020 g/mol. The van der Waals surface area contributed by atoms with Crippen LogP contribution in [-0.4, -0.2) is 19.1 Å². The van der Waals surface area contributed by atoms with E-state index < -0.39 is 0 Å². The van der Waals surface area contributed by atoms with Gasteiger partial charge in [-0.2, -0.15) is 0 Å². The van der Waals surface area contributed by atoms with E-state index >= 15 is 0 Å². The lowest BCUT2D eigenvalue weighted by Gasteiger charge is -2.20. The van der Waals surface area contributed by atoms with Gasteiger partial charge in [0.25, 0.3) is 0 Å². The van der Waals surface area contributed by atoms with E-state index in [1.54, 1.807) is 0 Å². The molecule has 11 aromatic carbocycles. The Labute approximate surface area is 465 Å². The van der Waals surface area contributed by atoms with Crippen molar-refractivity contribution >= 4 is 49.3 Å². The minimum atomic E-state index is 0.444. The number of aryl methyl sites for hydroxylation is 4. The van der Waals surface area contributed by atoms with Gasteiger partial charge in [0.15, 0.2) is 5.69 Å². The second-order valence-electron chi connectivity index (χ2n) is 21.2. The van der Waals surface area contributed by atoms with Crippen molar-refractivity contribution in [3.63, 3.8) is 0 Å². The maximum Gasteiger partial charge on any atom is 0.200 e. The molecular weight excluding hydrogens is 971 g/mol. The highest BCUT2D eigenvalue weighted by atomic mass is 15.1. The summed E-state index contributed by atoms with van der Waals surface area (Å²) >= 11 is 0. The molecule has 5 heteroatoms. The first-order chi connectivity index (χ1) is 39.2. The van der Waals surface area contributed by atoms with Crippen LogP contribution in [0.4, 0.5) is 5.69 Å². The van der Waals surface area contributed by atoms with Crippen LogP contribution in [0, 0.1) is 34.3 Å². The molecule has 0 amide bonds. The standard InChI is InChI=1S/C75H53N5/c1-47-16-24-51(25-17-47)57-32-36-69-61(40-57)62-41-58(52-26-18-48(2)19-27-52)33-37-70(62)79(69)73-44-65(75-77-66(55-12-8-6-9-13-55)45-67(78-75)56-14-10-7-11-15-56)68(76-5)46-74(73)80-71-38-34-59(53-28-20-49(3)21-29-53)42-63(71)64-43-60(35-39-72(64)80)54-30-22-50(4)23-31-54/h6-46H,1-4H3. The van der Waals surface area contributed by atoms with Gasteiger partial charge in [0.2, 0.25) is 0 Å². The summed E-state index contributed by atoms with van der Waals surface area (Å²) in [6.07, 6.45) is 0. The van der Waals surface area contributed by atoms with E-state index in [0.29, 0.717) is 17.1 Å². The summed E-state index contributed by atoms with van der Waals surface area (Å²) in [5.41, 5.74) is 24.5. The molecule has 0 aliphatic rings. The van der Waals surface area contributed by atoms with Crippen molar-refractivity contribution in [2.45, 2.75) is 27.7 Å². The Morgan fingerprint density at radius 2 is 0.600 bits per heavy atom. The molecule has 0 fully saturated rings. The van der Waals surface area contributed by atoms with Gasteiger partial charge >= 0.3 is 0 Å². The van der Waals surface area contributed by atoms with Crippen molar-refractivity contribution in [2.75, 3.05) is 0 Å². The number of fused-ring (bicyclic) bond motifs is 6. The van der Waals surface area contributed by atoms with E-state index in [1.807, 2.05) is 36.4 Å². The van der Waals surface area contributed by atoms with Crippen LogP contribution in [0.3, 0.4) is 0 Å². The number of hydrogen-bond acceptors (Lipinski definition) is 2. The van der Waals surface area contributed by atoms with Crippen LogP contribution >= 0.6 is 0 Å². The van der Waals surface area contributed by atoms with Crippen LogP contribution in [0.2, 0.25) is 0 Å². The molecule has 0 atom stereocenters. The number of benzene rings is 11. The number of nitrogens with zero attached hydrogens (tertiary/aromatic N) is 5. The van der Waals surface area contributed by atoms with E-state index in [1.165, 1.54) is 22.3 Å². The molecule has 80 heavy (non-hydrogen) atoms. The molecule has 3 aromatic heterocycles. The summed E-state index contributed by atoms with van der Waals surface area (Å²) < 4.78 is 4.79. The quantitative estimate of drug-likeness (QED) is 0.135. The fraction of sp³-hybridized carbons (Fsp3) is 0.0533. The Bertz CT molecular complexity index is 4490. The average molecular weight is 1020 g/mol. The van der Waals surface area contributed by atoms with Crippen molar-refractivity contribution < 1.29 is 0 Å². The third kappa shape index (κ3) is 8.52. The van der Waals surface area contributed by atoms with Crippen LogP contribution in [0.25, 0.3) is 138 Å². The molecule has 5 nitrogen and oxygen atoms in total. The molecule has 3 heterocycles. The molecule has 0 saturated heterocycles. The highest BCUT2D eigenvalue weighted by molar-refractivity contribution is 6.14. The smallest absolute Gasteiger partial charge is 0.200 e. The van der Waals surface area contributed by atoms with Gasteiger partial charge < -0.3 is 9.13 Å². The van der Waals surface area contributed by atoms with Crippen molar-refractivity contribution in [3.05, 3.63) is 282 Å². The Morgan fingerprint density at radius 3 is 0.912 bits per heavy atom. The van der Waals surface area contributed by atoms with Gasteiger partial charge in [-0.05, 0) is 139 Å². The van der Waals surface area contributed by atoms with Crippen molar-refractivity contribution in [3.8, 4) is 89.8 Å². The zero-order valence-corrected chi connectivity index (χ0v) is 44.9. The zero-order valence-electron chi connectivity index (χ0n) is 44.9. The van der Waals surface area contributed by atoms with Crippen LogP contribution < -0.4 is 0 Å².